The second-order valence-corrected chi connectivity index (χ2v) is 13.3. The van der Waals surface area contributed by atoms with E-state index in [0.29, 0.717) is 24.0 Å². The first-order chi connectivity index (χ1) is 15.6. The average molecular weight is 467 g/mol. The van der Waals surface area contributed by atoms with E-state index in [4.69, 9.17) is 0 Å². The van der Waals surface area contributed by atoms with Gasteiger partial charge in [-0.25, -0.2) is 0 Å². The van der Waals surface area contributed by atoms with Crippen molar-refractivity contribution in [2.45, 2.75) is 86.5 Å². The van der Waals surface area contributed by atoms with Crippen molar-refractivity contribution in [3.63, 3.8) is 0 Å². The van der Waals surface area contributed by atoms with Gasteiger partial charge in [0, 0.05) is 16.9 Å². The van der Waals surface area contributed by atoms with E-state index in [-0.39, 0.29) is 45.4 Å². The van der Waals surface area contributed by atoms with Crippen LogP contribution in [0.3, 0.4) is 0 Å². The van der Waals surface area contributed by atoms with Gasteiger partial charge in [0.15, 0.2) is 11.5 Å². The first-order valence-corrected chi connectivity index (χ1v) is 12.8. The summed E-state index contributed by atoms with van der Waals surface area (Å²) in [6.07, 6.45) is 9.10. The van der Waals surface area contributed by atoms with Gasteiger partial charge in [-0.15, -0.1) is 0 Å². The number of aliphatic hydroxyl groups excluding tert-OH is 1. The van der Waals surface area contributed by atoms with Crippen molar-refractivity contribution in [3.8, 4) is 0 Å². The molecule has 0 aromatic heterocycles. The molecule has 0 heterocycles. The van der Waals surface area contributed by atoms with Gasteiger partial charge in [-0.1, -0.05) is 27.7 Å². The molecule has 5 nitrogen and oxygen atoms in total. The average Bonchev–Trinajstić information content (AvgIpc) is 2.76. The Balaban J connectivity index is 1.65. The molecule has 3 saturated carbocycles. The Hall–Kier alpha value is -2.17. The second kappa shape index (κ2) is 6.73. The van der Waals surface area contributed by atoms with E-state index in [1.165, 1.54) is 0 Å². The number of carbonyl (C=O) groups excluding carboxylic acids is 2. The zero-order chi connectivity index (χ0) is 25.1. The Kier molecular flexibility index (Phi) is 4.67. The topological polar surface area (TPSA) is 91.7 Å². The number of carboxylic acid groups (broad SMARTS) is 1. The second-order valence-electron chi connectivity index (χ2n) is 13.3. The molecule has 0 spiro atoms. The summed E-state index contributed by atoms with van der Waals surface area (Å²) in [5.41, 5.74) is 0.503. The van der Waals surface area contributed by atoms with Crippen molar-refractivity contribution < 1.29 is 24.6 Å². The highest BCUT2D eigenvalue weighted by atomic mass is 16.4. The molecule has 3 unspecified atom stereocenters. The number of fused-ring (bicyclic) bond motifs is 7. The molecule has 0 bridgehead atoms. The van der Waals surface area contributed by atoms with Crippen molar-refractivity contribution in [1.82, 2.24) is 0 Å². The Morgan fingerprint density at radius 3 is 2.18 bits per heavy atom. The van der Waals surface area contributed by atoms with E-state index in [1.807, 2.05) is 6.92 Å². The van der Waals surface area contributed by atoms with Crippen molar-refractivity contribution in [2.24, 2.45) is 38.9 Å². The highest BCUT2D eigenvalue weighted by Crippen LogP contribution is 2.75. The van der Waals surface area contributed by atoms with E-state index in [2.05, 4.69) is 27.7 Å². The van der Waals surface area contributed by atoms with Gasteiger partial charge in [-0.3, -0.25) is 14.4 Å². The smallest absolute Gasteiger partial charge is 0.309 e. The molecule has 0 aliphatic heterocycles. The number of hydrogen-bond donors (Lipinski definition) is 2. The molecule has 2 N–H and O–H groups in total. The zero-order valence-corrected chi connectivity index (χ0v) is 21.4. The molecular weight excluding hydrogens is 428 g/mol. The van der Waals surface area contributed by atoms with Crippen LogP contribution < -0.4 is 0 Å². The van der Waals surface area contributed by atoms with Gasteiger partial charge in [0.25, 0.3) is 0 Å². The van der Waals surface area contributed by atoms with E-state index in [0.717, 1.165) is 37.7 Å². The Morgan fingerprint density at radius 1 is 0.912 bits per heavy atom. The third-order valence-electron chi connectivity index (χ3n) is 11.7. The van der Waals surface area contributed by atoms with Crippen LogP contribution >= 0.6 is 0 Å². The summed E-state index contributed by atoms with van der Waals surface area (Å²) in [6.45, 7) is 12.7. The number of carbonyl (C=O) groups is 3. The summed E-state index contributed by atoms with van der Waals surface area (Å²) in [4.78, 5) is 38.8. The maximum absolute atomic E-state index is 13.9. The van der Waals surface area contributed by atoms with Crippen molar-refractivity contribution in [2.75, 3.05) is 0 Å². The Morgan fingerprint density at radius 2 is 1.53 bits per heavy atom. The summed E-state index contributed by atoms with van der Waals surface area (Å²) in [5.74, 6) is -1.30. The summed E-state index contributed by atoms with van der Waals surface area (Å²) in [5, 5.41) is 20.3. The molecule has 5 heteroatoms. The normalized spacial score (nSPS) is 48.2. The molecule has 0 aromatic rings. The zero-order valence-electron chi connectivity index (χ0n) is 21.4. The minimum absolute atomic E-state index is 0.0842. The fourth-order valence-corrected chi connectivity index (χ4v) is 9.15. The fourth-order valence-electron chi connectivity index (χ4n) is 9.15. The molecule has 5 rings (SSSR count). The third-order valence-corrected chi connectivity index (χ3v) is 11.7. The van der Waals surface area contributed by atoms with Gasteiger partial charge in [-0.2, -0.15) is 0 Å². The van der Waals surface area contributed by atoms with Crippen molar-refractivity contribution in [1.29, 1.82) is 0 Å². The summed E-state index contributed by atoms with van der Waals surface area (Å²) >= 11 is 0. The highest BCUT2D eigenvalue weighted by Gasteiger charge is 2.70. The molecule has 184 valence electrons. The number of aliphatic carboxylic acids is 1. The number of allylic oxidation sites excluding steroid dienone is 5. The molecule has 5 aliphatic carbocycles. The number of hydrogen-bond acceptors (Lipinski definition) is 4. The van der Waals surface area contributed by atoms with Gasteiger partial charge < -0.3 is 10.2 Å². The van der Waals surface area contributed by atoms with Crippen LogP contribution in [0.2, 0.25) is 0 Å². The first-order valence-electron chi connectivity index (χ1n) is 12.8. The molecule has 0 saturated heterocycles. The van der Waals surface area contributed by atoms with Gasteiger partial charge in [0.2, 0.25) is 5.78 Å². The van der Waals surface area contributed by atoms with Crippen molar-refractivity contribution in [3.05, 3.63) is 34.6 Å². The standard InChI is InChI=1S/C29H38O5/c1-16-17-13-20(31)23-27(4,18(17)14-19(30)22(16)32)10-12-28(5)21-15-26(3,24(33)34)8-7-25(21,2)9-11-29(23,28)6/h13-14,21,23,32H,7-12,15H2,1-6H3,(H,33,34)/t21?,23?,25-,26-,27+,28+,29?/m1/s1. The highest BCUT2D eigenvalue weighted by molar-refractivity contribution is 6.09. The minimum atomic E-state index is -0.729. The molecule has 0 aromatic carbocycles. The third kappa shape index (κ3) is 2.64. The van der Waals surface area contributed by atoms with Crippen LogP contribution in [0.15, 0.2) is 34.6 Å². The summed E-state index contributed by atoms with van der Waals surface area (Å²) in [6, 6.07) is 0. The lowest BCUT2D eigenvalue weighted by Gasteiger charge is -2.71. The first kappa shape index (κ1) is 23.6. The van der Waals surface area contributed by atoms with Crippen LogP contribution in [-0.2, 0) is 14.4 Å². The summed E-state index contributed by atoms with van der Waals surface area (Å²) in [7, 11) is 0. The fraction of sp³-hybridized carbons (Fsp3) is 0.690. The maximum atomic E-state index is 13.9. The molecule has 7 atom stereocenters. The molecule has 34 heavy (non-hydrogen) atoms. The monoisotopic (exact) mass is 466 g/mol. The van der Waals surface area contributed by atoms with Crippen LogP contribution in [-0.4, -0.2) is 27.7 Å². The van der Waals surface area contributed by atoms with Gasteiger partial charge in [0.1, 0.15) is 0 Å². The van der Waals surface area contributed by atoms with Crippen LogP contribution in [0, 0.1) is 38.9 Å². The lowest BCUT2D eigenvalue weighted by Crippen LogP contribution is -2.66. The number of ketones is 2. The number of carboxylic acids is 1. The van der Waals surface area contributed by atoms with Crippen LogP contribution in [0.5, 0.6) is 0 Å². The molecule has 0 amide bonds. The van der Waals surface area contributed by atoms with E-state index < -0.39 is 16.8 Å². The van der Waals surface area contributed by atoms with Crippen LogP contribution in [0.1, 0.15) is 86.5 Å². The van der Waals surface area contributed by atoms with E-state index >= 15 is 0 Å². The lowest BCUT2D eigenvalue weighted by molar-refractivity contribution is -0.215. The Labute approximate surface area is 202 Å². The molecular formula is C29H38O5. The van der Waals surface area contributed by atoms with Crippen molar-refractivity contribution >= 4 is 17.5 Å². The molecule has 0 radical (unpaired) electrons. The number of rotatable bonds is 1. The van der Waals surface area contributed by atoms with Gasteiger partial charge in [0.05, 0.1) is 5.41 Å². The molecule has 3 fully saturated rings. The maximum Gasteiger partial charge on any atom is 0.309 e. The summed E-state index contributed by atoms with van der Waals surface area (Å²) < 4.78 is 0. The lowest BCUT2D eigenvalue weighted by atomic mass is 9.32. The quantitative estimate of drug-likeness (QED) is 0.498. The molecule has 5 aliphatic rings. The van der Waals surface area contributed by atoms with Gasteiger partial charge in [-0.05, 0) is 104 Å². The minimum Gasteiger partial charge on any atom is -0.504 e. The predicted octanol–water partition coefficient (Wildman–Crippen LogP) is 5.96. The Bertz CT molecular complexity index is 1130. The predicted molar refractivity (Wildman–Crippen MR) is 129 cm³/mol. The number of aliphatic hydroxyl groups is 1. The largest absolute Gasteiger partial charge is 0.504 e. The van der Waals surface area contributed by atoms with Crippen LogP contribution in [0.4, 0.5) is 0 Å². The van der Waals surface area contributed by atoms with Gasteiger partial charge >= 0.3 is 5.97 Å². The van der Waals surface area contributed by atoms with E-state index in [1.54, 1.807) is 19.1 Å². The van der Waals surface area contributed by atoms with E-state index in [9.17, 15) is 24.6 Å². The SMILES string of the molecule is CC1=C(O)C(=O)C=C2C1=CC(=O)C1C3(C)CC[C@@]4(C)CC[C@@](C)(C(=O)O)CC4[C@]3(C)CC[C@@]21C. The van der Waals surface area contributed by atoms with Crippen LogP contribution in [0.25, 0.3) is 0 Å².